The molecule has 2 N–H and O–H groups in total. The molecule has 0 amide bonds. The topological polar surface area (TPSA) is 29.3 Å². The molecular formula is C9H20N2S. The number of thiol groups is 1. The van der Waals surface area contributed by atoms with Crippen LogP contribution in [0.3, 0.4) is 0 Å². The van der Waals surface area contributed by atoms with E-state index in [0.29, 0.717) is 11.4 Å². The van der Waals surface area contributed by atoms with Crippen LogP contribution < -0.4 is 5.73 Å². The van der Waals surface area contributed by atoms with Gasteiger partial charge in [-0.2, -0.15) is 12.6 Å². The molecule has 1 atom stereocenters. The quantitative estimate of drug-likeness (QED) is 0.657. The SMILES string of the molecule is CCCC(S)N1CCC(N)CC1. The highest BCUT2D eigenvalue weighted by Crippen LogP contribution is 2.16. The van der Waals surface area contributed by atoms with Crippen LogP contribution in [0.2, 0.25) is 0 Å². The van der Waals surface area contributed by atoms with E-state index in [1.807, 2.05) is 0 Å². The predicted molar refractivity (Wildman–Crippen MR) is 56.5 cm³/mol. The zero-order valence-corrected chi connectivity index (χ0v) is 8.76. The van der Waals surface area contributed by atoms with Crippen molar-refractivity contribution in [2.24, 2.45) is 5.73 Å². The molecule has 1 rings (SSSR count). The second-order valence-electron chi connectivity index (χ2n) is 3.64. The van der Waals surface area contributed by atoms with Gasteiger partial charge in [-0.15, -0.1) is 0 Å². The van der Waals surface area contributed by atoms with E-state index in [-0.39, 0.29) is 0 Å². The Hall–Kier alpha value is 0.270. The van der Waals surface area contributed by atoms with Crippen LogP contribution in [-0.2, 0) is 0 Å². The first kappa shape index (κ1) is 10.4. The van der Waals surface area contributed by atoms with Crippen molar-refractivity contribution in [1.82, 2.24) is 4.90 Å². The highest BCUT2D eigenvalue weighted by molar-refractivity contribution is 7.80. The van der Waals surface area contributed by atoms with Crippen LogP contribution in [0.4, 0.5) is 0 Å². The molecule has 3 heteroatoms. The molecule has 0 spiro atoms. The van der Waals surface area contributed by atoms with Crippen LogP contribution in [0.15, 0.2) is 0 Å². The van der Waals surface area contributed by atoms with Crippen molar-refractivity contribution in [3.05, 3.63) is 0 Å². The van der Waals surface area contributed by atoms with Crippen molar-refractivity contribution >= 4 is 12.6 Å². The van der Waals surface area contributed by atoms with Crippen molar-refractivity contribution in [3.63, 3.8) is 0 Å². The number of rotatable bonds is 3. The van der Waals surface area contributed by atoms with Gasteiger partial charge in [-0.1, -0.05) is 13.3 Å². The lowest BCUT2D eigenvalue weighted by molar-refractivity contribution is 0.194. The summed E-state index contributed by atoms with van der Waals surface area (Å²) in [5.41, 5.74) is 5.82. The lowest BCUT2D eigenvalue weighted by Gasteiger charge is -2.34. The second kappa shape index (κ2) is 5.10. The first-order valence-corrected chi connectivity index (χ1v) is 5.43. The van der Waals surface area contributed by atoms with E-state index in [9.17, 15) is 0 Å². The van der Waals surface area contributed by atoms with Gasteiger partial charge in [0.05, 0.1) is 5.37 Å². The fourth-order valence-corrected chi connectivity index (χ4v) is 2.15. The van der Waals surface area contributed by atoms with E-state index in [1.54, 1.807) is 0 Å². The van der Waals surface area contributed by atoms with Crippen LogP contribution in [0.5, 0.6) is 0 Å². The second-order valence-corrected chi connectivity index (χ2v) is 4.24. The average molecular weight is 188 g/mol. The van der Waals surface area contributed by atoms with Gasteiger partial charge in [0.15, 0.2) is 0 Å². The van der Waals surface area contributed by atoms with Crippen molar-refractivity contribution in [2.45, 2.75) is 44.0 Å². The molecule has 1 fully saturated rings. The van der Waals surface area contributed by atoms with E-state index < -0.39 is 0 Å². The normalized spacial score (nSPS) is 24.2. The zero-order valence-electron chi connectivity index (χ0n) is 7.87. The van der Waals surface area contributed by atoms with Crippen molar-refractivity contribution in [3.8, 4) is 0 Å². The summed E-state index contributed by atoms with van der Waals surface area (Å²) in [6, 6.07) is 0.434. The van der Waals surface area contributed by atoms with E-state index in [4.69, 9.17) is 5.73 Å². The summed E-state index contributed by atoms with van der Waals surface area (Å²) in [6.45, 7) is 4.48. The fraction of sp³-hybridized carbons (Fsp3) is 1.00. The van der Waals surface area contributed by atoms with E-state index in [0.717, 1.165) is 25.9 Å². The predicted octanol–water partition coefficient (Wildman–Crippen LogP) is 1.47. The molecule has 12 heavy (non-hydrogen) atoms. The maximum absolute atomic E-state index is 5.82. The molecular weight excluding hydrogens is 168 g/mol. The molecule has 1 saturated heterocycles. The van der Waals surface area contributed by atoms with Crippen LogP contribution in [0.25, 0.3) is 0 Å². The number of likely N-dealkylation sites (tertiary alicyclic amines) is 1. The summed E-state index contributed by atoms with van der Waals surface area (Å²) in [5, 5.41) is 0.461. The van der Waals surface area contributed by atoms with E-state index in [1.165, 1.54) is 12.8 Å². The molecule has 1 aliphatic heterocycles. The third kappa shape index (κ3) is 2.96. The number of hydrogen-bond acceptors (Lipinski definition) is 3. The monoisotopic (exact) mass is 188 g/mol. The number of nitrogens with zero attached hydrogens (tertiary/aromatic N) is 1. The molecule has 1 heterocycles. The zero-order chi connectivity index (χ0) is 8.97. The Labute approximate surface area is 80.9 Å². The largest absolute Gasteiger partial charge is 0.328 e. The summed E-state index contributed by atoms with van der Waals surface area (Å²) in [6.07, 6.45) is 4.69. The smallest absolute Gasteiger partial charge is 0.0527 e. The minimum absolute atomic E-state index is 0.434. The molecule has 0 aromatic carbocycles. The Morgan fingerprint density at radius 3 is 2.58 bits per heavy atom. The van der Waals surface area contributed by atoms with Gasteiger partial charge >= 0.3 is 0 Å². The van der Waals surface area contributed by atoms with Crippen LogP contribution in [0.1, 0.15) is 32.6 Å². The van der Waals surface area contributed by atoms with Gasteiger partial charge in [-0.05, 0) is 19.3 Å². The minimum Gasteiger partial charge on any atom is -0.328 e. The highest BCUT2D eigenvalue weighted by atomic mass is 32.1. The lowest BCUT2D eigenvalue weighted by Crippen LogP contribution is -2.43. The minimum atomic E-state index is 0.434. The van der Waals surface area contributed by atoms with Gasteiger partial charge in [-0.3, -0.25) is 4.90 Å². The van der Waals surface area contributed by atoms with Gasteiger partial charge < -0.3 is 5.73 Å². The van der Waals surface area contributed by atoms with E-state index in [2.05, 4.69) is 24.5 Å². The Balaban J connectivity index is 2.24. The molecule has 0 aromatic rings. The number of nitrogens with two attached hydrogens (primary N) is 1. The standard InChI is InChI=1S/C9H20N2S/c1-2-3-9(12)11-6-4-8(10)5-7-11/h8-9,12H,2-7,10H2,1H3. The van der Waals surface area contributed by atoms with Gasteiger partial charge in [0.2, 0.25) is 0 Å². The van der Waals surface area contributed by atoms with Gasteiger partial charge in [0.1, 0.15) is 0 Å². The molecule has 0 saturated carbocycles. The third-order valence-electron chi connectivity index (χ3n) is 2.54. The Morgan fingerprint density at radius 2 is 2.08 bits per heavy atom. The molecule has 0 aliphatic carbocycles. The molecule has 0 radical (unpaired) electrons. The first-order chi connectivity index (χ1) is 5.74. The van der Waals surface area contributed by atoms with Crippen molar-refractivity contribution < 1.29 is 0 Å². The molecule has 72 valence electrons. The summed E-state index contributed by atoms with van der Waals surface area (Å²) in [4.78, 5) is 2.44. The first-order valence-electron chi connectivity index (χ1n) is 4.91. The summed E-state index contributed by atoms with van der Waals surface area (Å²) in [7, 11) is 0. The van der Waals surface area contributed by atoms with E-state index >= 15 is 0 Å². The van der Waals surface area contributed by atoms with Gasteiger partial charge in [-0.25, -0.2) is 0 Å². The highest BCUT2D eigenvalue weighted by Gasteiger charge is 2.19. The summed E-state index contributed by atoms with van der Waals surface area (Å²) in [5.74, 6) is 0. The summed E-state index contributed by atoms with van der Waals surface area (Å²) < 4.78 is 0. The Morgan fingerprint density at radius 1 is 1.50 bits per heavy atom. The maximum atomic E-state index is 5.82. The Kier molecular flexibility index (Phi) is 4.40. The fourth-order valence-electron chi connectivity index (χ4n) is 1.66. The average Bonchev–Trinajstić information content (AvgIpc) is 2.06. The van der Waals surface area contributed by atoms with Crippen molar-refractivity contribution in [1.29, 1.82) is 0 Å². The molecule has 1 aliphatic rings. The van der Waals surface area contributed by atoms with Gasteiger partial charge in [0, 0.05) is 19.1 Å². The third-order valence-corrected chi connectivity index (χ3v) is 3.13. The molecule has 0 bridgehead atoms. The van der Waals surface area contributed by atoms with Crippen molar-refractivity contribution in [2.75, 3.05) is 13.1 Å². The van der Waals surface area contributed by atoms with Crippen LogP contribution in [0, 0.1) is 0 Å². The van der Waals surface area contributed by atoms with Crippen LogP contribution in [-0.4, -0.2) is 29.4 Å². The molecule has 1 unspecified atom stereocenters. The number of hydrogen-bond donors (Lipinski definition) is 2. The van der Waals surface area contributed by atoms with Crippen LogP contribution >= 0.6 is 12.6 Å². The Bertz CT molecular complexity index is 122. The maximum Gasteiger partial charge on any atom is 0.0527 e. The van der Waals surface area contributed by atoms with Gasteiger partial charge in [0.25, 0.3) is 0 Å². The molecule has 0 aromatic heterocycles. The number of piperidine rings is 1. The summed E-state index contributed by atoms with van der Waals surface area (Å²) >= 11 is 4.57. The lowest BCUT2D eigenvalue weighted by atomic mass is 10.1. The molecule has 2 nitrogen and oxygen atoms in total.